The molecule has 0 saturated carbocycles. The molecule has 1 aromatic rings. The summed E-state index contributed by atoms with van der Waals surface area (Å²) in [4.78, 5) is 27.3. The van der Waals surface area contributed by atoms with Crippen molar-refractivity contribution in [1.29, 1.82) is 0 Å². The summed E-state index contributed by atoms with van der Waals surface area (Å²) in [6, 6.07) is 1.75. The third-order valence-corrected chi connectivity index (χ3v) is 3.38. The third kappa shape index (κ3) is 3.32. The van der Waals surface area contributed by atoms with Gasteiger partial charge in [0.15, 0.2) is 0 Å². The second-order valence-corrected chi connectivity index (χ2v) is 4.91. The summed E-state index contributed by atoms with van der Waals surface area (Å²) in [5.41, 5.74) is 4.03. The molecular formula is C13H14F3N3O2. The van der Waals surface area contributed by atoms with Crippen molar-refractivity contribution in [2.45, 2.75) is 19.0 Å². The predicted octanol–water partition coefficient (Wildman–Crippen LogP) is 1.61. The maximum Gasteiger partial charge on any atom is 0.433 e. The Morgan fingerprint density at radius 3 is 2.71 bits per heavy atom. The molecule has 5 nitrogen and oxygen atoms in total. The molecule has 1 aromatic heterocycles. The third-order valence-electron chi connectivity index (χ3n) is 3.38. The van der Waals surface area contributed by atoms with E-state index in [0.717, 1.165) is 18.4 Å². The number of piperidine rings is 1. The van der Waals surface area contributed by atoms with Crippen LogP contribution in [0.1, 0.15) is 28.9 Å². The summed E-state index contributed by atoms with van der Waals surface area (Å²) < 4.78 is 38.3. The lowest BCUT2D eigenvalue weighted by Crippen LogP contribution is -2.38. The number of rotatable bonds is 3. The fourth-order valence-corrected chi connectivity index (χ4v) is 2.35. The fourth-order valence-electron chi connectivity index (χ4n) is 2.35. The van der Waals surface area contributed by atoms with E-state index in [1.165, 1.54) is 4.90 Å². The highest BCUT2D eigenvalue weighted by Gasteiger charge is 2.34. The first kappa shape index (κ1) is 15.3. The Morgan fingerprint density at radius 1 is 1.43 bits per heavy atom. The normalized spacial score (nSPS) is 19.4. The van der Waals surface area contributed by atoms with Crippen LogP contribution in [0.4, 0.5) is 19.0 Å². The SMILES string of the molecule is NC(=O)c1ccc(C(F)(F)F)nc1N1CCCC(C=O)C1. The van der Waals surface area contributed by atoms with Crippen molar-refractivity contribution < 1.29 is 22.8 Å². The minimum Gasteiger partial charge on any atom is -0.365 e. The van der Waals surface area contributed by atoms with Gasteiger partial charge in [-0.05, 0) is 25.0 Å². The maximum atomic E-state index is 12.8. The monoisotopic (exact) mass is 301 g/mol. The largest absolute Gasteiger partial charge is 0.433 e. The lowest BCUT2D eigenvalue weighted by Gasteiger charge is -2.32. The van der Waals surface area contributed by atoms with Crippen molar-refractivity contribution in [3.63, 3.8) is 0 Å². The van der Waals surface area contributed by atoms with Gasteiger partial charge in [0.1, 0.15) is 17.8 Å². The number of halogens is 3. The summed E-state index contributed by atoms with van der Waals surface area (Å²) in [5.74, 6) is -1.24. The summed E-state index contributed by atoms with van der Waals surface area (Å²) in [6.45, 7) is 0.664. The van der Waals surface area contributed by atoms with Gasteiger partial charge in [0.25, 0.3) is 5.91 Å². The van der Waals surface area contributed by atoms with Crippen molar-refractivity contribution in [3.05, 3.63) is 23.4 Å². The van der Waals surface area contributed by atoms with Crippen LogP contribution in [0.2, 0.25) is 0 Å². The molecule has 2 rings (SSSR count). The van der Waals surface area contributed by atoms with E-state index in [1.54, 1.807) is 0 Å². The average molecular weight is 301 g/mol. The summed E-state index contributed by atoms with van der Waals surface area (Å²) in [6.07, 6.45) is -2.53. The second kappa shape index (κ2) is 5.71. The van der Waals surface area contributed by atoms with Gasteiger partial charge < -0.3 is 15.4 Å². The molecule has 2 heterocycles. The number of nitrogens with zero attached hydrogens (tertiary/aromatic N) is 2. The molecule has 0 radical (unpaired) electrons. The predicted molar refractivity (Wildman–Crippen MR) is 68.8 cm³/mol. The summed E-state index contributed by atoms with van der Waals surface area (Å²) in [7, 11) is 0. The zero-order valence-corrected chi connectivity index (χ0v) is 11.1. The zero-order chi connectivity index (χ0) is 15.6. The molecule has 2 N–H and O–H groups in total. The number of nitrogens with two attached hydrogens (primary N) is 1. The molecule has 0 spiro atoms. The van der Waals surface area contributed by atoms with E-state index in [1.807, 2.05) is 0 Å². The Labute approximate surface area is 118 Å². The van der Waals surface area contributed by atoms with E-state index in [9.17, 15) is 22.8 Å². The number of carbonyl (C=O) groups excluding carboxylic acids is 2. The van der Waals surface area contributed by atoms with Crippen LogP contribution in [0.5, 0.6) is 0 Å². The number of anilines is 1. The topological polar surface area (TPSA) is 76.3 Å². The number of alkyl halides is 3. The number of amides is 1. The Balaban J connectivity index is 2.43. The van der Waals surface area contributed by atoms with Gasteiger partial charge in [-0.15, -0.1) is 0 Å². The number of carbonyl (C=O) groups is 2. The Kier molecular flexibility index (Phi) is 4.15. The highest BCUT2D eigenvalue weighted by molar-refractivity contribution is 5.97. The molecule has 0 aromatic carbocycles. The first-order valence-corrected chi connectivity index (χ1v) is 6.41. The molecule has 1 saturated heterocycles. The summed E-state index contributed by atoms with van der Waals surface area (Å²) >= 11 is 0. The Morgan fingerprint density at radius 2 is 2.14 bits per heavy atom. The van der Waals surface area contributed by atoms with Gasteiger partial charge in [0.05, 0.1) is 5.56 Å². The quantitative estimate of drug-likeness (QED) is 0.861. The van der Waals surface area contributed by atoms with E-state index < -0.39 is 17.8 Å². The molecule has 8 heteroatoms. The van der Waals surface area contributed by atoms with E-state index in [-0.39, 0.29) is 23.8 Å². The summed E-state index contributed by atoms with van der Waals surface area (Å²) in [5, 5.41) is 0. The number of hydrogen-bond acceptors (Lipinski definition) is 4. The van der Waals surface area contributed by atoms with Crippen LogP contribution < -0.4 is 10.6 Å². The highest BCUT2D eigenvalue weighted by atomic mass is 19.4. The molecule has 114 valence electrons. The maximum absolute atomic E-state index is 12.8. The van der Waals surface area contributed by atoms with Crippen molar-refractivity contribution in [2.24, 2.45) is 11.7 Å². The van der Waals surface area contributed by atoms with Gasteiger partial charge in [-0.3, -0.25) is 4.79 Å². The molecule has 0 aliphatic carbocycles. The average Bonchev–Trinajstić information content (AvgIpc) is 2.45. The zero-order valence-electron chi connectivity index (χ0n) is 11.1. The van der Waals surface area contributed by atoms with E-state index in [4.69, 9.17) is 5.73 Å². The number of aromatic nitrogens is 1. The lowest BCUT2D eigenvalue weighted by atomic mass is 9.99. The van der Waals surface area contributed by atoms with Gasteiger partial charge in [0, 0.05) is 19.0 Å². The van der Waals surface area contributed by atoms with Crippen molar-refractivity contribution in [2.75, 3.05) is 18.0 Å². The van der Waals surface area contributed by atoms with Crippen molar-refractivity contribution in [1.82, 2.24) is 4.98 Å². The smallest absolute Gasteiger partial charge is 0.365 e. The van der Waals surface area contributed by atoms with Crippen LogP contribution >= 0.6 is 0 Å². The molecule has 1 unspecified atom stereocenters. The number of primary amides is 1. The van der Waals surface area contributed by atoms with Crippen molar-refractivity contribution in [3.8, 4) is 0 Å². The Hall–Kier alpha value is -2.12. The minimum atomic E-state index is -4.61. The Bertz CT molecular complexity index is 560. The van der Waals surface area contributed by atoms with E-state index in [2.05, 4.69) is 4.98 Å². The van der Waals surface area contributed by atoms with Crippen LogP contribution in [0.15, 0.2) is 12.1 Å². The molecule has 0 bridgehead atoms. The lowest BCUT2D eigenvalue weighted by molar-refractivity contribution is -0.141. The second-order valence-electron chi connectivity index (χ2n) is 4.91. The molecule has 1 amide bonds. The van der Waals surface area contributed by atoms with Gasteiger partial charge in [-0.2, -0.15) is 13.2 Å². The molecule has 21 heavy (non-hydrogen) atoms. The standard InChI is InChI=1S/C13H14F3N3O2/c14-13(15,16)10-4-3-9(11(17)21)12(18-10)19-5-1-2-8(6-19)7-20/h3-4,7-8H,1-2,5-6H2,(H2,17,21). The van der Waals surface area contributed by atoms with Gasteiger partial charge in [-0.25, -0.2) is 4.98 Å². The minimum absolute atomic E-state index is 0.0745. The van der Waals surface area contributed by atoms with Gasteiger partial charge >= 0.3 is 6.18 Å². The van der Waals surface area contributed by atoms with Gasteiger partial charge in [0.2, 0.25) is 0 Å². The molecule has 1 atom stereocenters. The first-order valence-electron chi connectivity index (χ1n) is 6.41. The molecule has 1 fully saturated rings. The first-order chi connectivity index (χ1) is 9.82. The van der Waals surface area contributed by atoms with Crippen LogP contribution in [0, 0.1) is 5.92 Å². The van der Waals surface area contributed by atoms with Crippen LogP contribution in [-0.2, 0) is 11.0 Å². The van der Waals surface area contributed by atoms with E-state index >= 15 is 0 Å². The number of hydrogen-bond donors (Lipinski definition) is 1. The molecule has 1 aliphatic heterocycles. The molecular weight excluding hydrogens is 287 g/mol. The van der Waals surface area contributed by atoms with Crippen LogP contribution in [0.25, 0.3) is 0 Å². The number of pyridine rings is 1. The number of aldehydes is 1. The van der Waals surface area contributed by atoms with Gasteiger partial charge in [-0.1, -0.05) is 0 Å². The van der Waals surface area contributed by atoms with Crippen molar-refractivity contribution >= 4 is 18.0 Å². The van der Waals surface area contributed by atoms with Crippen LogP contribution in [-0.4, -0.2) is 30.3 Å². The fraction of sp³-hybridized carbons (Fsp3) is 0.462. The van der Waals surface area contributed by atoms with E-state index in [0.29, 0.717) is 19.4 Å². The van der Waals surface area contributed by atoms with Crippen LogP contribution in [0.3, 0.4) is 0 Å². The highest BCUT2D eigenvalue weighted by Crippen LogP contribution is 2.31. The molecule has 1 aliphatic rings.